The molecule has 1 aliphatic rings. The van der Waals surface area contributed by atoms with Crippen molar-refractivity contribution in [3.63, 3.8) is 0 Å². The first-order chi connectivity index (χ1) is 10.8. The summed E-state index contributed by atoms with van der Waals surface area (Å²) in [7, 11) is 0. The number of ether oxygens (including phenoxy) is 2. The van der Waals surface area contributed by atoms with Crippen molar-refractivity contribution in [2.75, 3.05) is 13.2 Å². The largest absolute Gasteiger partial charge is 0.393 e. The Morgan fingerprint density at radius 3 is 2.27 bits per heavy atom. The van der Waals surface area contributed by atoms with E-state index >= 15 is 0 Å². The standard InChI is InChI=1S/C19H30O3/c20-18-10-12-19(13-11-18)22-15-7-2-1-6-14-21-16-17-8-4-3-5-9-17/h3-5,8-9,18-20H,1-2,6-7,10-16H2. The van der Waals surface area contributed by atoms with Gasteiger partial charge in [0.1, 0.15) is 0 Å². The molecule has 1 fully saturated rings. The number of rotatable bonds is 10. The monoisotopic (exact) mass is 306 g/mol. The van der Waals surface area contributed by atoms with E-state index in [4.69, 9.17) is 9.47 Å². The molecule has 2 rings (SSSR count). The highest BCUT2D eigenvalue weighted by molar-refractivity contribution is 5.13. The van der Waals surface area contributed by atoms with Gasteiger partial charge in [-0.2, -0.15) is 0 Å². The molecule has 1 aromatic carbocycles. The highest BCUT2D eigenvalue weighted by Crippen LogP contribution is 2.21. The number of benzene rings is 1. The minimum absolute atomic E-state index is 0.0873. The van der Waals surface area contributed by atoms with Crippen molar-refractivity contribution in [1.82, 2.24) is 0 Å². The van der Waals surface area contributed by atoms with Gasteiger partial charge in [0.2, 0.25) is 0 Å². The predicted octanol–water partition coefficient (Wildman–Crippen LogP) is 4.08. The summed E-state index contributed by atoms with van der Waals surface area (Å²) in [6, 6.07) is 10.3. The summed E-state index contributed by atoms with van der Waals surface area (Å²) in [5.74, 6) is 0. The van der Waals surface area contributed by atoms with E-state index in [0.717, 1.165) is 58.3 Å². The van der Waals surface area contributed by atoms with E-state index < -0.39 is 0 Å². The molecule has 0 heterocycles. The Hall–Kier alpha value is -0.900. The van der Waals surface area contributed by atoms with Crippen LogP contribution in [0.2, 0.25) is 0 Å². The molecule has 22 heavy (non-hydrogen) atoms. The van der Waals surface area contributed by atoms with Crippen molar-refractivity contribution in [3.05, 3.63) is 35.9 Å². The molecule has 0 spiro atoms. The van der Waals surface area contributed by atoms with Crippen molar-refractivity contribution in [2.45, 2.75) is 70.2 Å². The molecule has 0 radical (unpaired) electrons. The zero-order valence-electron chi connectivity index (χ0n) is 13.6. The van der Waals surface area contributed by atoms with E-state index in [0.29, 0.717) is 6.10 Å². The Kier molecular flexibility index (Phi) is 8.54. The zero-order chi connectivity index (χ0) is 15.5. The van der Waals surface area contributed by atoms with Crippen molar-refractivity contribution in [3.8, 4) is 0 Å². The van der Waals surface area contributed by atoms with Crippen LogP contribution in [0.5, 0.6) is 0 Å². The van der Waals surface area contributed by atoms with Gasteiger partial charge in [0.15, 0.2) is 0 Å². The van der Waals surface area contributed by atoms with Gasteiger partial charge in [-0.3, -0.25) is 0 Å². The van der Waals surface area contributed by atoms with Gasteiger partial charge in [0, 0.05) is 13.2 Å². The van der Waals surface area contributed by atoms with Crippen molar-refractivity contribution < 1.29 is 14.6 Å². The quantitative estimate of drug-likeness (QED) is 0.662. The molecule has 0 aliphatic heterocycles. The maximum Gasteiger partial charge on any atom is 0.0716 e. The van der Waals surface area contributed by atoms with Gasteiger partial charge in [0.25, 0.3) is 0 Å². The topological polar surface area (TPSA) is 38.7 Å². The molecule has 3 nitrogen and oxygen atoms in total. The molecule has 1 aliphatic carbocycles. The lowest BCUT2D eigenvalue weighted by Crippen LogP contribution is -2.24. The number of hydrogen-bond acceptors (Lipinski definition) is 3. The first kappa shape index (κ1) is 17.5. The number of aliphatic hydroxyl groups excluding tert-OH is 1. The minimum atomic E-state index is -0.0873. The van der Waals surface area contributed by atoms with Crippen LogP contribution in [0.4, 0.5) is 0 Å². The van der Waals surface area contributed by atoms with Crippen molar-refractivity contribution in [2.24, 2.45) is 0 Å². The smallest absolute Gasteiger partial charge is 0.0716 e. The second-order valence-corrected chi connectivity index (χ2v) is 6.25. The van der Waals surface area contributed by atoms with Crippen LogP contribution < -0.4 is 0 Å². The van der Waals surface area contributed by atoms with Crippen LogP contribution in [0.25, 0.3) is 0 Å². The second-order valence-electron chi connectivity index (χ2n) is 6.25. The van der Waals surface area contributed by atoms with Crippen LogP contribution in [-0.4, -0.2) is 30.5 Å². The van der Waals surface area contributed by atoms with E-state index in [-0.39, 0.29) is 6.10 Å². The zero-order valence-corrected chi connectivity index (χ0v) is 13.6. The van der Waals surface area contributed by atoms with E-state index in [9.17, 15) is 5.11 Å². The average molecular weight is 306 g/mol. The van der Waals surface area contributed by atoms with E-state index in [1.54, 1.807) is 0 Å². The maximum atomic E-state index is 9.44. The second kappa shape index (κ2) is 10.8. The number of hydrogen-bond donors (Lipinski definition) is 1. The molecule has 0 saturated heterocycles. The van der Waals surface area contributed by atoms with E-state index in [2.05, 4.69) is 12.1 Å². The lowest BCUT2D eigenvalue weighted by molar-refractivity contribution is -0.00460. The van der Waals surface area contributed by atoms with Crippen LogP contribution in [0.3, 0.4) is 0 Å². The molecule has 3 heteroatoms. The molecular formula is C19H30O3. The van der Waals surface area contributed by atoms with E-state index in [1.165, 1.54) is 18.4 Å². The fraction of sp³-hybridized carbons (Fsp3) is 0.684. The fourth-order valence-electron chi connectivity index (χ4n) is 2.89. The molecule has 0 aromatic heterocycles. The number of unbranched alkanes of at least 4 members (excludes halogenated alkanes) is 3. The number of aliphatic hydroxyl groups is 1. The third-order valence-electron chi connectivity index (χ3n) is 4.29. The summed E-state index contributed by atoms with van der Waals surface area (Å²) < 4.78 is 11.6. The molecule has 0 bridgehead atoms. The first-order valence-electron chi connectivity index (χ1n) is 8.76. The predicted molar refractivity (Wildman–Crippen MR) is 88.8 cm³/mol. The van der Waals surface area contributed by atoms with Gasteiger partial charge in [-0.25, -0.2) is 0 Å². The van der Waals surface area contributed by atoms with Crippen LogP contribution in [0, 0.1) is 0 Å². The molecular weight excluding hydrogens is 276 g/mol. The van der Waals surface area contributed by atoms with E-state index in [1.807, 2.05) is 18.2 Å². The van der Waals surface area contributed by atoms with Crippen LogP contribution in [0.15, 0.2) is 30.3 Å². The Morgan fingerprint density at radius 2 is 1.55 bits per heavy atom. The molecule has 1 aromatic rings. The van der Waals surface area contributed by atoms with Crippen LogP contribution >= 0.6 is 0 Å². The van der Waals surface area contributed by atoms with Crippen LogP contribution in [0.1, 0.15) is 56.9 Å². The fourth-order valence-corrected chi connectivity index (χ4v) is 2.89. The lowest BCUT2D eigenvalue weighted by Gasteiger charge is -2.25. The molecule has 124 valence electrons. The molecule has 0 amide bonds. The van der Waals surface area contributed by atoms with Gasteiger partial charge >= 0.3 is 0 Å². The highest BCUT2D eigenvalue weighted by Gasteiger charge is 2.19. The summed E-state index contributed by atoms with van der Waals surface area (Å²) in [6.45, 7) is 2.43. The molecule has 1 N–H and O–H groups in total. The van der Waals surface area contributed by atoms with Gasteiger partial charge in [-0.1, -0.05) is 43.2 Å². The molecule has 0 unspecified atom stereocenters. The summed E-state index contributed by atoms with van der Waals surface area (Å²) in [4.78, 5) is 0. The van der Waals surface area contributed by atoms with Gasteiger partial charge in [0.05, 0.1) is 18.8 Å². The minimum Gasteiger partial charge on any atom is -0.393 e. The van der Waals surface area contributed by atoms with Gasteiger partial charge < -0.3 is 14.6 Å². The molecule has 1 saturated carbocycles. The lowest BCUT2D eigenvalue weighted by atomic mass is 9.95. The third kappa shape index (κ3) is 7.39. The van der Waals surface area contributed by atoms with Crippen LogP contribution in [-0.2, 0) is 16.1 Å². The summed E-state index contributed by atoms with van der Waals surface area (Å²) >= 11 is 0. The summed E-state index contributed by atoms with van der Waals surface area (Å²) in [5.41, 5.74) is 1.24. The van der Waals surface area contributed by atoms with Crippen molar-refractivity contribution >= 4 is 0 Å². The molecule has 0 atom stereocenters. The Balaban J connectivity index is 1.36. The Bertz CT molecular complexity index is 372. The van der Waals surface area contributed by atoms with Crippen molar-refractivity contribution in [1.29, 1.82) is 0 Å². The van der Waals surface area contributed by atoms with Gasteiger partial charge in [-0.15, -0.1) is 0 Å². The third-order valence-corrected chi connectivity index (χ3v) is 4.29. The first-order valence-corrected chi connectivity index (χ1v) is 8.76. The highest BCUT2D eigenvalue weighted by atomic mass is 16.5. The SMILES string of the molecule is OC1CCC(OCCCCCCOCc2ccccc2)CC1. The van der Waals surface area contributed by atoms with Gasteiger partial charge in [-0.05, 0) is 44.1 Å². The summed E-state index contributed by atoms with van der Waals surface area (Å²) in [6.07, 6.45) is 8.84. The average Bonchev–Trinajstić information content (AvgIpc) is 2.56. The Labute approximate surface area is 134 Å². The maximum absolute atomic E-state index is 9.44. The Morgan fingerprint density at radius 1 is 0.864 bits per heavy atom. The normalized spacial score (nSPS) is 21.9. The summed E-state index contributed by atoms with van der Waals surface area (Å²) in [5, 5.41) is 9.44.